The van der Waals surface area contributed by atoms with Crippen LogP contribution in [-0.2, 0) is 4.74 Å². The first-order valence-corrected chi connectivity index (χ1v) is 1.21. The Labute approximate surface area is 24.3 Å². The Morgan fingerprint density at radius 2 is 1.75 bits per heavy atom. The lowest BCUT2D eigenvalue weighted by atomic mass is 11.2. The van der Waals surface area contributed by atoms with Crippen molar-refractivity contribution in [3.05, 3.63) is 0 Å². The van der Waals surface area contributed by atoms with Crippen molar-refractivity contribution in [2.45, 2.75) is 0 Å². The second-order valence-electron chi connectivity index (χ2n) is 0.686. The molecule has 1 N–H and O–H groups in total. The smallest absolute Gasteiger partial charge is 0.262 e. The third-order valence-corrected chi connectivity index (χ3v) is 0.365. The van der Waals surface area contributed by atoms with Crippen LogP contribution in [0.5, 0.6) is 0 Å². The highest BCUT2D eigenvalue weighted by molar-refractivity contribution is 4.05. The zero-order chi connectivity index (χ0) is 2.83. The van der Waals surface area contributed by atoms with E-state index in [0.717, 1.165) is 0 Å². The fraction of sp³-hybridized carbons (Fsp3) is 1.00. The lowest BCUT2D eigenvalue weighted by Crippen LogP contribution is -2.19. The molecule has 0 atom stereocenters. The summed E-state index contributed by atoms with van der Waals surface area (Å²) in [6.07, 6.45) is 0. The Bertz CT molecular complexity index is 12.0. The zero-order valence-corrected chi connectivity index (χ0v) is 2.27. The summed E-state index contributed by atoms with van der Waals surface area (Å²) in [5.41, 5.74) is 0. The van der Waals surface area contributed by atoms with Crippen LogP contribution in [0.15, 0.2) is 0 Å². The maximum atomic E-state index is 4.56. The molecule has 0 aromatic carbocycles. The van der Waals surface area contributed by atoms with E-state index in [0.29, 0.717) is 13.6 Å². The van der Waals surface area contributed by atoms with Gasteiger partial charge in [-0.05, 0) is 0 Å². The maximum absolute atomic E-state index is 4.56. The summed E-state index contributed by atoms with van der Waals surface area (Å²) < 4.78 is 8.25. The van der Waals surface area contributed by atoms with Gasteiger partial charge in [0.05, 0.1) is 0 Å². The van der Waals surface area contributed by atoms with E-state index in [1.807, 2.05) is 0 Å². The number of hydrogen-bond acceptors (Lipinski definition) is 1. The standard InChI is InChI=1S/C2H4O2/c1-3-2-4-1/h1-2H2/p+1. The average Bonchev–Trinajstić information content (AvgIpc) is 0.722. The molecule has 0 saturated carbocycles. The molecule has 2 heteroatoms. The largest absolute Gasteiger partial charge is 0.390 e. The summed E-state index contributed by atoms with van der Waals surface area (Å²) in [5, 5.41) is 0. The van der Waals surface area contributed by atoms with Crippen LogP contribution < -0.4 is 0 Å². The lowest BCUT2D eigenvalue weighted by Gasteiger charge is -2.05. The molecule has 0 bridgehead atoms. The SMILES string of the molecule is C1OC[OH+]1. The minimum absolute atomic E-state index is 0.625. The molecule has 0 aromatic heterocycles. The van der Waals surface area contributed by atoms with Gasteiger partial charge in [-0.25, -0.2) is 4.74 Å². The quantitative estimate of drug-likeness (QED) is 0.345. The van der Waals surface area contributed by atoms with Crippen LogP contribution in [0.4, 0.5) is 0 Å². The first-order chi connectivity index (χ1) is 2.00. The fourth-order valence-electron chi connectivity index (χ4n) is 0.0913. The van der Waals surface area contributed by atoms with Gasteiger partial charge < -0.3 is 4.74 Å². The summed E-state index contributed by atoms with van der Waals surface area (Å²) in [7, 11) is 0. The summed E-state index contributed by atoms with van der Waals surface area (Å²) in [6.45, 7) is 1.25. The highest BCUT2D eigenvalue weighted by atomic mass is 16.8. The summed E-state index contributed by atoms with van der Waals surface area (Å²) >= 11 is 0. The Morgan fingerprint density at radius 3 is 1.75 bits per heavy atom. The zero-order valence-electron chi connectivity index (χ0n) is 2.27. The van der Waals surface area contributed by atoms with Crippen LogP contribution >= 0.6 is 0 Å². The first-order valence-electron chi connectivity index (χ1n) is 1.21. The third-order valence-electron chi connectivity index (χ3n) is 0.365. The molecule has 0 unspecified atom stereocenters. The molecule has 1 rings (SSSR count). The number of ether oxygens (including phenoxy) is 2. The van der Waals surface area contributed by atoms with Crippen molar-refractivity contribution in [3.63, 3.8) is 0 Å². The molecule has 2 nitrogen and oxygen atoms in total. The molecule has 0 radical (unpaired) electrons. The van der Waals surface area contributed by atoms with Crippen molar-refractivity contribution in [2.24, 2.45) is 0 Å². The normalized spacial score (nSPS) is 24.0. The Morgan fingerprint density at radius 1 is 1.50 bits per heavy atom. The lowest BCUT2D eigenvalue weighted by molar-refractivity contribution is -0.347. The molecule has 1 aliphatic rings. The highest BCUT2D eigenvalue weighted by Crippen LogP contribution is 1.81. The van der Waals surface area contributed by atoms with Gasteiger partial charge in [0.25, 0.3) is 13.6 Å². The van der Waals surface area contributed by atoms with E-state index in [9.17, 15) is 0 Å². The molecule has 1 fully saturated rings. The van der Waals surface area contributed by atoms with E-state index in [2.05, 4.69) is 9.47 Å². The van der Waals surface area contributed by atoms with E-state index in [4.69, 9.17) is 0 Å². The molecule has 0 aromatic rings. The van der Waals surface area contributed by atoms with Crippen LogP contribution in [-0.4, -0.2) is 18.3 Å². The van der Waals surface area contributed by atoms with E-state index < -0.39 is 0 Å². The molecule has 4 heavy (non-hydrogen) atoms. The van der Waals surface area contributed by atoms with E-state index in [1.165, 1.54) is 0 Å². The van der Waals surface area contributed by atoms with Crippen LogP contribution in [0.25, 0.3) is 0 Å². The molecule has 24 valence electrons. The van der Waals surface area contributed by atoms with Gasteiger partial charge in [-0.3, -0.25) is 0 Å². The number of rotatable bonds is 0. The van der Waals surface area contributed by atoms with E-state index >= 15 is 0 Å². The molecule has 1 aliphatic heterocycles. The van der Waals surface area contributed by atoms with Gasteiger partial charge in [0.1, 0.15) is 0 Å². The topological polar surface area (TPSA) is 22.0 Å². The van der Waals surface area contributed by atoms with Gasteiger partial charge in [0.2, 0.25) is 0 Å². The van der Waals surface area contributed by atoms with Gasteiger partial charge in [-0.1, -0.05) is 0 Å². The molecule has 1 saturated heterocycles. The van der Waals surface area contributed by atoms with E-state index in [1.54, 1.807) is 0 Å². The van der Waals surface area contributed by atoms with Crippen molar-refractivity contribution in [3.8, 4) is 0 Å². The Kier molecular flexibility index (Phi) is 0.381. The molecule has 0 aliphatic carbocycles. The van der Waals surface area contributed by atoms with Gasteiger partial charge in [0.15, 0.2) is 0 Å². The Hall–Kier alpha value is -0.0800. The third kappa shape index (κ3) is 0.106. The predicted molar refractivity (Wildman–Crippen MR) is 13.0 cm³/mol. The van der Waals surface area contributed by atoms with Crippen LogP contribution in [0.3, 0.4) is 0 Å². The fourth-order valence-corrected chi connectivity index (χ4v) is 0.0913. The van der Waals surface area contributed by atoms with Gasteiger partial charge in [-0.2, -0.15) is 0 Å². The minimum Gasteiger partial charge on any atom is -0.390 e. The summed E-state index contributed by atoms with van der Waals surface area (Å²) in [4.78, 5) is 0. The van der Waals surface area contributed by atoms with Crippen LogP contribution in [0, 0.1) is 0 Å². The van der Waals surface area contributed by atoms with Gasteiger partial charge >= 0.3 is 0 Å². The predicted octanol–water partition coefficient (Wildman–Crippen LogP) is -0.540. The van der Waals surface area contributed by atoms with Crippen LogP contribution in [0.2, 0.25) is 0 Å². The average molecular weight is 61.1 g/mol. The first kappa shape index (κ1) is 2.18. The van der Waals surface area contributed by atoms with Crippen molar-refractivity contribution in [1.29, 1.82) is 0 Å². The highest BCUT2D eigenvalue weighted by Gasteiger charge is 2.00. The van der Waals surface area contributed by atoms with Gasteiger partial charge in [-0.15, -0.1) is 0 Å². The summed E-state index contributed by atoms with van der Waals surface area (Å²) in [6, 6.07) is 0. The van der Waals surface area contributed by atoms with E-state index in [-0.39, 0.29) is 0 Å². The van der Waals surface area contributed by atoms with Crippen LogP contribution in [0.1, 0.15) is 0 Å². The van der Waals surface area contributed by atoms with Gasteiger partial charge in [0, 0.05) is 0 Å². The molecule has 0 amide bonds. The maximum Gasteiger partial charge on any atom is 0.262 e. The number of hydrogen-bond donors (Lipinski definition) is 0. The number of aliphatic hydroxyl groups is 2. The van der Waals surface area contributed by atoms with Crippen molar-refractivity contribution in [2.75, 3.05) is 13.6 Å². The minimum atomic E-state index is 0.625. The molecule has 0 spiro atoms. The molecular weight excluding hydrogens is 56.0 g/mol. The molecular formula is C2H5O2+. The van der Waals surface area contributed by atoms with Crippen molar-refractivity contribution >= 4 is 0 Å². The second kappa shape index (κ2) is 0.701. The Balaban J connectivity index is 2.00. The monoisotopic (exact) mass is 61.0 g/mol. The van der Waals surface area contributed by atoms with Crippen molar-refractivity contribution < 1.29 is 9.47 Å². The van der Waals surface area contributed by atoms with Crippen molar-refractivity contribution in [1.82, 2.24) is 0 Å². The second-order valence-corrected chi connectivity index (χ2v) is 0.686. The summed E-state index contributed by atoms with van der Waals surface area (Å²) in [5.74, 6) is 0. The molecule has 1 heterocycles.